The molecule has 0 aromatic heterocycles. The number of ether oxygens (including phenoxy) is 1. The number of allylic oxidation sites excluding steroid dienone is 5. The first-order valence-electron chi connectivity index (χ1n) is 29.8. The van der Waals surface area contributed by atoms with Crippen molar-refractivity contribution in [3.8, 4) is 0 Å². The molecule has 0 aromatic carbocycles. The molecule has 0 radical (unpaired) electrons. The van der Waals surface area contributed by atoms with Gasteiger partial charge in [-0.2, -0.15) is 0 Å². The third-order valence-electron chi connectivity index (χ3n) is 13.3. The smallest absolute Gasteiger partial charge is 0.456 e. The van der Waals surface area contributed by atoms with Crippen LogP contribution >= 0.6 is 7.82 Å². The molecule has 412 valence electrons. The molecular formula is C60H116N2O7P+. The molecule has 1 amide bonds. The molecule has 0 aromatic rings. The molecule has 0 saturated carbocycles. The molecule has 0 fully saturated rings. The molecule has 0 spiro atoms. The summed E-state index contributed by atoms with van der Waals surface area (Å²) in [5.41, 5.74) is 0. The first-order chi connectivity index (χ1) is 33.9. The number of unbranched alkanes of at least 4 members (excludes halogenated alkanes) is 34. The van der Waals surface area contributed by atoms with Crippen molar-refractivity contribution >= 4 is 19.7 Å². The van der Waals surface area contributed by atoms with Crippen molar-refractivity contribution in [1.82, 2.24) is 5.32 Å². The highest BCUT2D eigenvalue weighted by Gasteiger charge is 2.30. The minimum Gasteiger partial charge on any atom is -0.456 e. The largest absolute Gasteiger partial charge is 0.472 e. The number of nitrogens with one attached hydrogen (secondary N) is 1. The number of carbonyl (C=O) groups excluding carboxylic acids is 2. The van der Waals surface area contributed by atoms with E-state index in [1.165, 1.54) is 173 Å². The van der Waals surface area contributed by atoms with E-state index in [9.17, 15) is 19.0 Å². The number of hydrogen-bond donors (Lipinski definition) is 2. The van der Waals surface area contributed by atoms with E-state index in [0.717, 1.165) is 77.0 Å². The van der Waals surface area contributed by atoms with Crippen molar-refractivity contribution in [2.45, 2.75) is 296 Å². The highest BCUT2D eigenvalue weighted by Crippen LogP contribution is 2.43. The number of quaternary nitrogens is 1. The molecule has 0 saturated heterocycles. The van der Waals surface area contributed by atoms with Crippen LogP contribution in [0.2, 0.25) is 0 Å². The van der Waals surface area contributed by atoms with E-state index in [1.54, 1.807) is 0 Å². The minimum atomic E-state index is -4.44. The van der Waals surface area contributed by atoms with Gasteiger partial charge in [0, 0.05) is 12.8 Å². The number of hydrogen-bond acceptors (Lipinski definition) is 6. The van der Waals surface area contributed by atoms with Gasteiger partial charge in [-0.15, -0.1) is 0 Å². The van der Waals surface area contributed by atoms with Crippen LogP contribution in [-0.2, 0) is 27.9 Å². The Hall–Kier alpha value is -1.77. The number of phosphoric acid groups is 1. The average Bonchev–Trinajstić information content (AvgIpc) is 3.32. The second-order valence-electron chi connectivity index (χ2n) is 21.5. The van der Waals surface area contributed by atoms with Crippen molar-refractivity contribution in [3.63, 3.8) is 0 Å². The van der Waals surface area contributed by atoms with Crippen molar-refractivity contribution in [3.05, 3.63) is 36.5 Å². The maximum atomic E-state index is 13.5. The molecule has 70 heavy (non-hydrogen) atoms. The SMILES string of the molecule is CCCCC/C=C\C/C=C\CCCCCCCCCC(=O)NC(COP(=O)(O)OCC[N+](C)(C)C)C(/C=C/CCCCCCCCCCCC)OC(=O)CCCCCCCCCCCCCCCCC. The Balaban J connectivity index is 5.31. The van der Waals surface area contributed by atoms with Crippen LogP contribution in [0.1, 0.15) is 284 Å². The van der Waals surface area contributed by atoms with Gasteiger partial charge in [-0.3, -0.25) is 18.6 Å². The number of rotatable bonds is 54. The van der Waals surface area contributed by atoms with Crippen molar-refractivity contribution in [1.29, 1.82) is 0 Å². The first-order valence-corrected chi connectivity index (χ1v) is 31.3. The second-order valence-corrected chi connectivity index (χ2v) is 23.0. The standard InChI is InChI=1S/C60H115N2O7P/c1-7-10-13-16-19-22-25-28-30-31-33-34-37-40-43-46-49-52-59(63)61-57(56-68-70(65,66)67-55-54-62(4,5)6)58(51-48-45-42-39-36-27-24-21-18-15-12-9-3)69-60(64)53-50-47-44-41-38-35-32-29-26-23-20-17-14-11-8-2/h19,22,28,30,48,51,57-58H,7-18,20-21,23-27,29,31-47,49-50,52-56H2,1-6H3,(H-,61,63,65,66)/p+1/b22-19-,30-28-,51-48+. The first kappa shape index (κ1) is 68.2. The minimum absolute atomic E-state index is 0.0406. The summed E-state index contributed by atoms with van der Waals surface area (Å²) >= 11 is 0. The lowest BCUT2D eigenvalue weighted by atomic mass is 10.0. The summed E-state index contributed by atoms with van der Waals surface area (Å²) in [5, 5.41) is 3.05. The van der Waals surface area contributed by atoms with Crippen LogP contribution in [0.15, 0.2) is 36.5 Å². The molecule has 3 unspecified atom stereocenters. The number of carbonyl (C=O) groups is 2. The van der Waals surface area contributed by atoms with Gasteiger partial charge in [0.25, 0.3) is 0 Å². The Morgan fingerprint density at radius 1 is 0.500 bits per heavy atom. The van der Waals surface area contributed by atoms with E-state index in [1.807, 2.05) is 33.3 Å². The quantitative estimate of drug-likeness (QED) is 0.0205. The Morgan fingerprint density at radius 2 is 0.871 bits per heavy atom. The van der Waals surface area contributed by atoms with Gasteiger partial charge in [0.2, 0.25) is 5.91 Å². The van der Waals surface area contributed by atoms with Gasteiger partial charge in [-0.25, -0.2) is 4.57 Å². The molecule has 2 N–H and O–H groups in total. The molecule has 9 nitrogen and oxygen atoms in total. The summed E-state index contributed by atoms with van der Waals surface area (Å²) in [6.07, 6.45) is 59.8. The van der Waals surface area contributed by atoms with Gasteiger partial charge in [0.1, 0.15) is 19.3 Å². The highest BCUT2D eigenvalue weighted by atomic mass is 31.2. The van der Waals surface area contributed by atoms with Crippen LogP contribution in [0.4, 0.5) is 0 Å². The average molecular weight is 1010 g/mol. The summed E-state index contributed by atoms with van der Waals surface area (Å²) in [6.45, 7) is 7.00. The van der Waals surface area contributed by atoms with Crippen LogP contribution in [0.25, 0.3) is 0 Å². The second kappa shape index (κ2) is 50.7. The van der Waals surface area contributed by atoms with Gasteiger partial charge in [-0.1, -0.05) is 244 Å². The molecule has 10 heteroatoms. The Labute approximate surface area is 434 Å². The van der Waals surface area contributed by atoms with E-state index >= 15 is 0 Å². The lowest BCUT2D eigenvalue weighted by Gasteiger charge is -2.27. The predicted molar refractivity (Wildman–Crippen MR) is 300 cm³/mol. The lowest BCUT2D eigenvalue weighted by Crippen LogP contribution is -2.47. The molecule has 0 bridgehead atoms. The van der Waals surface area contributed by atoms with Gasteiger partial charge in [0.15, 0.2) is 0 Å². The number of amides is 1. The summed E-state index contributed by atoms with van der Waals surface area (Å²) in [6, 6.07) is -0.847. The van der Waals surface area contributed by atoms with Crippen molar-refractivity contribution in [2.75, 3.05) is 40.9 Å². The molecule has 0 rings (SSSR count). The molecule has 0 aliphatic heterocycles. The van der Waals surface area contributed by atoms with Crippen molar-refractivity contribution < 1.29 is 37.3 Å². The summed E-state index contributed by atoms with van der Waals surface area (Å²) in [7, 11) is 1.50. The molecule has 0 heterocycles. The van der Waals surface area contributed by atoms with E-state index < -0.39 is 20.0 Å². The maximum absolute atomic E-state index is 13.5. The van der Waals surface area contributed by atoms with Gasteiger partial charge >= 0.3 is 13.8 Å². The number of esters is 1. The Kier molecular flexibility index (Phi) is 49.5. The van der Waals surface area contributed by atoms with E-state index in [-0.39, 0.29) is 25.1 Å². The van der Waals surface area contributed by atoms with Crippen molar-refractivity contribution in [2.24, 2.45) is 0 Å². The van der Waals surface area contributed by atoms with E-state index in [2.05, 4.69) is 50.4 Å². The third kappa shape index (κ3) is 51.1. The van der Waals surface area contributed by atoms with Crippen LogP contribution in [-0.4, -0.2) is 74.3 Å². The van der Waals surface area contributed by atoms with E-state index in [4.69, 9.17) is 13.8 Å². The molecule has 3 atom stereocenters. The molecule has 0 aliphatic carbocycles. The zero-order valence-corrected chi connectivity index (χ0v) is 47.9. The van der Waals surface area contributed by atoms with Gasteiger partial charge < -0.3 is 19.4 Å². The maximum Gasteiger partial charge on any atom is 0.472 e. The normalized spacial score (nSPS) is 14.0. The fourth-order valence-electron chi connectivity index (χ4n) is 8.68. The molecule has 0 aliphatic rings. The van der Waals surface area contributed by atoms with Gasteiger partial charge in [-0.05, 0) is 63.9 Å². The summed E-state index contributed by atoms with van der Waals surface area (Å²) in [5.74, 6) is -0.503. The highest BCUT2D eigenvalue weighted by molar-refractivity contribution is 7.47. The fourth-order valence-corrected chi connectivity index (χ4v) is 9.41. The predicted octanol–water partition coefficient (Wildman–Crippen LogP) is 17.9. The van der Waals surface area contributed by atoms with Crippen LogP contribution in [0.3, 0.4) is 0 Å². The topological polar surface area (TPSA) is 111 Å². The van der Waals surface area contributed by atoms with Crippen LogP contribution in [0, 0.1) is 0 Å². The summed E-state index contributed by atoms with van der Waals surface area (Å²) in [4.78, 5) is 37.6. The zero-order valence-electron chi connectivity index (χ0n) is 47.0. The lowest BCUT2D eigenvalue weighted by molar-refractivity contribution is -0.870. The van der Waals surface area contributed by atoms with Crippen LogP contribution in [0.5, 0.6) is 0 Å². The zero-order chi connectivity index (χ0) is 51.5. The monoisotopic (exact) mass is 1010 g/mol. The third-order valence-corrected chi connectivity index (χ3v) is 14.3. The fraction of sp³-hybridized carbons (Fsp3) is 0.867. The Bertz CT molecular complexity index is 1300. The molecular weight excluding hydrogens is 892 g/mol. The van der Waals surface area contributed by atoms with Crippen LogP contribution < -0.4 is 5.32 Å². The Morgan fingerprint density at radius 3 is 1.31 bits per heavy atom. The van der Waals surface area contributed by atoms with Gasteiger partial charge in [0.05, 0.1) is 33.8 Å². The number of phosphoric ester groups is 1. The van der Waals surface area contributed by atoms with E-state index in [0.29, 0.717) is 23.9 Å². The summed E-state index contributed by atoms with van der Waals surface area (Å²) < 4.78 is 30.6. The number of nitrogens with zero attached hydrogens (tertiary/aromatic N) is 1. The number of likely N-dealkylation sites (N-methyl/N-ethyl adjacent to an activating group) is 1.